The fourth-order valence-corrected chi connectivity index (χ4v) is 2.08. The van der Waals surface area contributed by atoms with Crippen molar-refractivity contribution in [1.29, 1.82) is 0 Å². The Morgan fingerprint density at radius 1 is 1.21 bits per heavy atom. The van der Waals surface area contributed by atoms with E-state index in [-0.39, 0.29) is 0 Å². The highest BCUT2D eigenvalue weighted by molar-refractivity contribution is 8.00. The maximum absolute atomic E-state index is 3.85. The Kier molecular flexibility index (Phi) is 5.16. The minimum absolute atomic E-state index is 0.496. The van der Waals surface area contributed by atoms with Gasteiger partial charge >= 0.3 is 0 Å². The Balaban J connectivity index is 2.48. The minimum Gasteiger partial charge on any atom is -0.150 e. The summed E-state index contributed by atoms with van der Waals surface area (Å²) in [5.74, 6) is 0.990. The van der Waals surface area contributed by atoms with Crippen LogP contribution in [0.15, 0.2) is 55.6 Å². The van der Waals surface area contributed by atoms with Crippen molar-refractivity contribution in [3.05, 3.63) is 61.2 Å². The lowest BCUT2D eigenvalue weighted by Crippen LogP contribution is -2.03. The summed E-state index contributed by atoms with van der Waals surface area (Å²) in [5.41, 5.74) is 1.37. The molecule has 0 heterocycles. The second-order valence-corrected chi connectivity index (χ2v) is 4.36. The van der Waals surface area contributed by atoms with Crippen LogP contribution in [0, 0.1) is 0 Å². The summed E-state index contributed by atoms with van der Waals surface area (Å²) in [6, 6.07) is 10.5. The van der Waals surface area contributed by atoms with Gasteiger partial charge in [-0.1, -0.05) is 42.5 Å². The molecule has 0 N–H and O–H groups in total. The number of hydrogen-bond donors (Lipinski definition) is 0. The predicted molar refractivity (Wildman–Crippen MR) is 66.8 cm³/mol. The molecule has 0 nitrogen and oxygen atoms in total. The van der Waals surface area contributed by atoms with Gasteiger partial charge in [0.25, 0.3) is 0 Å². The van der Waals surface area contributed by atoms with Gasteiger partial charge in [0.15, 0.2) is 0 Å². The zero-order valence-corrected chi connectivity index (χ0v) is 9.17. The van der Waals surface area contributed by atoms with Gasteiger partial charge in [-0.05, 0) is 12.0 Å². The predicted octanol–water partition coefficient (Wildman–Crippen LogP) is 3.70. The van der Waals surface area contributed by atoms with Crippen LogP contribution in [0.3, 0.4) is 0 Å². The van der Waals surface area contributed by atoms with Gasteiger partial charge in [-0.25, -0.2) is 0 Å². The zero-order chi connectivity index (χ0) is 10.2. The lowest BCUT2D eigenvalue weighted by atomic mass is 10.1. The Morgan fingerprint density at radius 3 is 2.50 bits per heavy atom. The van der Waals surface area contributed by atoms with E-state index >= 15 is 0 Å². The average molecular weight is 204 g/mol. The van der Waals surface area contributed by atoms with Crippen LogP contribution in [0.5, 0.6) is 0 Å². The van der Waals surface area contributed by atoms with Crippen molar-refractivity contribution < 1.29 is 0 Å². The third-order valence-corrected chi connectivity index (χ3v) is 3.19. The maximum Gasteiger partial charge on any atom is 0.0267 e. The van der Waals surface area contributed by atoms with E-state index in [2.05, 4.69) is 37.4 Å². The van der Waals surface area contributed by atoms with Crippen LogP contribution in [-0.4, -0.2) is 11.0 Å². The van der Waals surface area contributed by atoms with Gasteiger partial charge < -0.3 is 0 Å². The zero-order valence-electron chi connectivity index (χ0n) is 8.36. The molecule has 14 heavy (non-hydrogen) atoms. The summed E-state index contributed by atoms with van der Waals surface area (Å²) in [6.45, 7) is 7.57. The van der Waals surface area contributed by atoms with Crippen molar-refractivity contribution in [3.8, 4) is 0 Å². The van der Waals surface area contributed by atoms with Crippen molar-refractivity contribution in [2.45, 2.75) is 11.7 Å². The van der Waals surface area contributed by atoms with Crippen molar-refractivity contribution in [1.82, 2.24) is 0 Å². The molecule has 1 heteroatoms. The number of rotatable bonds is 6. The van der Waals surface area contributed by atoms with Gasteiger partial charge in [0.2, 0.25) is 0 Å². The normalized spacial score (nSPS) is 12.0. The van der Waals surface area contributed by atoms with Gasteiger partial charge in [0.1, 0.15) is 0 Å². The van der Waals surface area contributed by atoms with Crippen molar-refractivity contribution in [2.24, 2.45) is 0 Å². The van der Waals surface area contributed by atoms with E-state index in [1.807, 2.05) is 30.0 Å². The van der Waals surface area contributed by atoms with Crippen LogP contribution >= 0.6 is 11.8 Å². The van der Waals surface area contributed by atoms with E-state index in [0.717, 1.165) is 12.2 Å². The minimum atomic E-state index is 0.496. The SMILES string of the molecule is C=CCSC(C=C)Cc1ccccc1. The molecule has 0 saturated carbocycles. The molecule has 0 fully saturated rings. The van der Waals surface area contributed by atoms with Crippen LogP contribution < -0.4 is 0 Å². The Bertz CT molecular complexity index is 277. The number of benzene rings is 1. The maximum atomic E-state index is 3.85. The van der Waals surface area contributed by atoms with E-state index in [4.69, 9.17) is 0 Å². The Morgan fingerprint density at radius 2 is 1.93 bits per heavy atom. The molecule has 0 amide bonds. The first-order valence-electron chi connectivity index (χ1n) is 4.75. The van der Waals surface area contributed by atoms with E-state index in [1.165, 1.54) is 5.56 Å². The Labute approximate surface area is 90.7 Å². The lowest BCUT2D eigenvalue weighted by Gasteiger charge is -2.10. The molecule has 1 rings (SSSR count). The Hall–Kier alpha value is -0.950. The van der Waals surface area contributed by atoms with Gasteiger partial charge in [-0.2, -0.15) is 0 Å². The van der Waals surface area contributed by atoms with Crippen molar-refractivity contribution in [3.63, 3.8) is 0 Å². The summed E-state index contributed by atoms with van der Waals surface area (Å²) in [6.07, 6.45) is 5.01. The highest BCUT2D eigenvalue weighted by atomic mass is 32.2. The summed E-state index contributed by atoms with van der Waals surface area (Å²) < 4.78 is 0. The molecule has 1 unspecified atom stereocenters. The van der Waals surface area contributed by atoms with Crippen LogP contribution in [0.25, 0.3) is 0 Å². The summed E-state index contributed by atoms with van der Waals surface area (Å²) >= 11 is 1.88. The lowest BCUT2D eigenvalue weighted by molar-refractivity contribution is 1.02. The fourth-order valence-electron chi connectivity index (χ4n) is 1.25. The van der Waals surface area contributed by atoms with Crippen LogP contribution in [0.1, 0.15) is 5.56 Å². The topological polar surface area (TPSA) is 0 Å². The molecule has 0 aliphatic heterocycles. The molecule has 0 aromatic heterocycles. The smallest absolute Gasteiger partial charge is 0.0267 e. The molecular formula is C13H16S. The second-order valence-electron chi connectivity index (χ2n) is 3.09. The molecule has 1 aromatic carbocycles. The molecule has 0 radical (unpaired) electrons. The number of hydrogen-bond acceptors (Lipinski definition) is 1. The van der Waals surface area contributed by atoms with E-state index in [0.29, 0.717) is 5.25 Å². The molecule has 1 atom stereocenters. The summed E-state index contributed by atoms with van der Waals surface area (Å²) in [5, 5.41) is 0.496. The van der Waals surface area contributed by atoms with Crippen LogP contribution in [0.4, 0.5) is 0 Å². The van der Waals surface area contributed by atoms with Crippen LogP contribution in [0.2, 0.25) is 0 Å². The molecule has 0 aliphatic rings. The molecule has 0 saturated heterocycles. The van der Waals surface area contributed by atoms with E-state index in [1.54, 1.807) is 0 Å². The monoisotopic (exact) mass is 204 g/mol. The van der Waals surface area contributed by atoms with E-state index < -0.39 is 0 Å². The molecule has 1 aromatic rings. The quantitative estimate of drug-likeness (QED) is 0.637. The molecular weight excluding hydrogens is 188 g/mol. The molecule has 74 valence electrons. The molecule has 0 spiro atoms. The van der Waals surface area contributed by atoms with E-state index in [9.17, 15) is 0 Å². The van der Waals surface area contributed by atoms with Gasteiger partial charge in [-0.3, -0.25) is 0 Å². The highest BCUT2D eigenvalue weighted by Gasteiger charge is 2.04. The standard InChI is InChI=1S/C13H16S/c1-3-10-14-13(4-2)11-12-8-6-5-7-9-12/h3-9,13H,1-2,10-11H2. The fraction of sp³-hybridized carbons (Fsp3) is 0.231. The van der Waals surface area contributed by atoms with Crippen molar-refractivity contribution in [2.75, 3.05) is 5.75 Å². The number of thioether (sulfide) groups is 1. The summed E-state index contributed by atoms with van der Waals surface area (Å²) in [4.78, 5) is 0. The first-order valence-corrected chi connectivity index (χ1v) is 5.80. The third kappa shape index (κ3) is 3.84. The first-order chi connectivity index (χ1) is 6.86. The van der Waals surface area contributed by atoms with Gasteiger partial charge in [0.05, 0.1) is 0 Å². The van der Waals surface area contributed by atoms with Crippen LogP contribution in [-0.2, 0) is 6.42 Å². The first kappa shape index (κ1) is 11.1. The molecule has 0 aliphatic carbocycles. The highest BCUT2D eigenvalue weighted by Crippen LogP contribution is 2.17. The summed E-state index contributed by atoms with van der Waals surface area (Å²) in [7, 11) is 0. The largest absolute Gasteiger partial charge is 0.150 e. The third-order valence-electron chi connectivity index (χ3n) is 1.97. The van der Waals surface area contributed by atoms with Gasteiger partial charge in [0, 0.05) is 11.0 Å². The van der Waals surface area contributed by atoms with Crippen molar-refractivity contribution >= 4 is 11.8 Å². The van der Waals surface area contributed by atoms with Gasteiger partial charge in [-0.15, -0.1) is 24.9 Å². The average Bonchev–Trinajstić information content (AvgIpc) is 2.25. The second kappa shape index (κ2) is 6.50. The molecule has 0 bridgehead atoms.